The van der Waals surface area contributed by atoms with Gasteiger partial charge in [0.1, 0.15) is 11.2 Å². The maximum Gasteiger partial charge on any atom is 0.136 e. The van der Waals surface area contributed by atoms with Crippen molar-refractivity contribution in [3.63, 3.8) is 0 Å². The molecule has 0 aliphatic rings. The molecule has 7 aromatic carbocycles. The average Bonchev–Trinajstić information content (AvgIpc) is 3.48. The van der Waals surface area contributed by atoms with E-state index in [2.05, 4.69) is 0 Å². The van der Waals surface area contributed by atoms with E-state index in [0.29, 0.717) is 55.0 Å². The number of rotatable bonds is 3. The Morgan fingerprint density at radius 1 is 0.410 bits per heavy atom. The molecule has 0 saturated carbocycles. The van der Waals surface area contributed by atoms with Crippen molar-refractivity contribution in [2.24, 2.45) is 0 Å². The zero-order valence-corrected chi connectivity index (χ0v) is 20.5. The zero-order chi connectivity index (χ0) is 34.5. The molecule has 8 aromatic rings. The number of hydrogen-bond donors (Lipinski definition) is 0. The van der Waals surface area contributed by atoms with Crippen LogP contribution in [0.5, 0.6) is 0 Å². The normalized spacial score (nSPS) is 15.2. The lowest BCUT2D eigenvalue weighted by Crippen LogP contribution is -1.93. The molecule has 1 heterocycles. The van der Waals surface area contributed by atoms with Crippen molar-refractivity contribution in [3.8, 4) is 33.4 Å². The summed E-state index contributed by atoms with van der Waals surface area (Å²) in [6.45, 7) is 0. The van der Waals surface area contributed by atoms with Crippen molar-refractivity contribution >= 4 is 43.5 Å². The van der Waals surface area contributed by atoms with E-state index < -0.39 is 36.3 Å². The largest absolute Gasteiger partial charge is 0.456 e. The predicted octanol–water partition coefficient (Wildman–Crippen LogP) is 10.9. The summed E-state index contributed by atoms with van der Waals surface area (Å²) >= 11 is 0. The molecule has 0 spiro atoms. The van der Waals surface area contributed by atoms with Crippen LogP contribution in [0.25, 0.3) is 76.9 Å². The number of furan rings is 1. The van der Waals surface area contributed by atoms with Crippen molar-refractivity contribution in [2.75, 3.05) is 0 Å². The Balaban J connectivity index is 1.61. The third-order valence-electron chi connectivity index (χ3n) is 7.24. The molecule has 0 saturated heterocycles. The Bertz CT molecular complexity index is 2620. The summed E-state index contributed by atoms with van der Waals surface area (Å²) in [5.41, 5.74) is 3.33. The van der Waals surface area contributed by atoms with Gasteiger partial charge in [-0.1, -0.05) is 127 Å². The lowest BCUT2D eigenvalue weighted by molar-refractivity contribution is 0.669. The van der Waals surface area contributed by atoms with Gasteiger partial charge < -0.3 is 4.42 Å². The number of hydrogen-bond acceptors (Lipinski definition) is 1. The second-order valence-electron chi connectivity index (χ2n) is 9.33. The van der Waals surface area contributed by atoms with Crippen LogP contribution >= 0.6 is 0 Å². The molecule has 0 aliphatic heterocycles. The van der Waals surface area contributed by atoms with Crippen LogP contribution in [0.1, 0.15) is 13.7 Å². The summed E-state index contributed by atoms with van der Waals surface area (Å²) in [6.07, 6.45) is 0. The van der Waals surface area contributed by atoms with Crippen LogP contribution in [0.4, 0.5) is 0 Å². The Morgan fingerprint density at radius 2 is 0.923 bits per heavy atom. The van der Waals surface area contributed by atoms with Crippen LogP contribution in [0.15, 0.2) is 150 Å². The molecule has 1 aromatic heterocycles. The highest BCUT2D eigenvalue weighted by Gasteiger charge is 2.20. The Hall–Kier alpha value is -5.14. The summed E-state index contributed by atoms with van der Waals surface area (Å²) in [4.78, 5) is 0. The summed E-state index contributed by atoms with van der Waals surface area (Å²) in [5, 5.41) is 4.23. The van der Waals surface area contributed by atoms with E-state index in [-0.39, 0.29) is 35.3 Å². The number of para-hydroxylation sites is 1. The third kappa shape index (κ3) is 3.41. The molecule has 0 atom stereocenters. The summed E-state index contributed by atoms with van der Waals surface area (Å²) in [7, 11) is 0. The summed E-state index contributed by atoms with van der Waals surface area (Å²) < 4.78 is 92.0. The standard InChI is InChI=1S/C38H24O/c1-3-13-25(14-4-1)32-24-36-33(27-17-11-12-22-35(27)39-36)23-34(32)38-30-20-9-7-18-28(30)37(26-15-5-2-6-16-26)29-19-8-10-21-31(29)38/h1-24H/i1D,2D,3D,4D,5D,6D,13D,14D,15D,16D. The summed E-state index contributed by atoms with van der Waals surface area (Å²) in [5.74, 6) is 0. The summed E-state index contributed by atoms with van der Waals surface area (Å²) in [6, 6.07) is 21.9. The molecule has 0 amide bonds. The van der Waals surface area contributed by atoms with E-state index >= 15 is 0 Å². The molecular weight excluding hydrogens is 472 g/mol. The smallest absolute Gasteiger partial charge is 0.136 e. The van der Waals surface area contributed by atoms with Gasteiger partial charge in [-0.05, 0) is 73.1 Å². The maximum absolute atomic E-state index is 8.93. The van der Waals surface area contributed by atoms with Crippen molar-refractivity contribution in [2.45, 2.75) is 0 Å². The molecule has 1 heteroatoms. The van der Waals surface area contributed by atoms with Gasteiger partial charge in [0.2, 0.25) is 0 Å². The van der Waals surface area contributed by atoms with Gasteiger partial charge in [-0.15, -0.1) is 0 Å². The van der Waals surface area contributed by atoms with Crippen LogP contribution in [0.3, 0.4) is 0 Å². The van der Waals surface area contributed by atoms with Crippen LogP contribution in [0.2, 0.25) is 0 Å². The Kier molecular flexibility index (Phi) is 3.16. The lowest BCUT2D eigenvalue weighted by Gasteiger charge is -2.20. The first-order chi connectivity index (χ1) is 23.5. The van der Waals surface area contributed by atoms with Gasteiger partial charge in [-0.2, -0.15) is 0 Å². The van der Waals surface area contributed by atoms with Crippen molar-refractivity contribution in [1.29, 1.82) is 0 Å². The topological polar surface area (TPSA) is 13.1 Å². The fourth-order valence-corrected chi connectivity index (χ4v) is 5.63. The van der Waals surface area contributed by atoms with Gasteiger partial charge in [-0.25, -0.2) is 0 Å². The Labute approximate surface area is 240 Å². The molecule has 0 N–H and O–H groups in total. The molecule has 0 unspecified atom stereocenters. The average molecular weight is 507 g/mol. The highest BCUT2D eigenvalue weighted by atomic mass is 16.3. The quantitative estimate of drug-likeness (QED) is 0.217. The highest BCUT2D eigenvalue weighted by Crippen LogP contribution is 2.47. The van der Waals surface area contributed by atoms with Gasteiger partial charge in [0.25, 0.3) is 0 Å². The zero-order valence-electron chi connectivity index (χ0n) is 30.5. The minimum Gasteiger partial charge on any atom is -0.456 e. The first-order valence-corrected chi connectivity index (χ1v) is 12.5. The van der Waals surface area contributed by atoms with Gasteiger partial charge in [-0.3, -0.25) is 0 Å². The van der Waals surface area contributed by atoms with E-state index in [9.17, 15) is 0 Å². The maximum atomic E-state index is 8.93. The second-order valence-corrected chi connectivity index (χ2v) is 9.33. The van der Waals surface area contributed by atoms with Crippen LogP contribution in [0, 0.1) is 0 Å². The molecule has 0 bridgehead atoms. The van der Waals surface area contributed by atoms with E-state index in [1.165, 1.54) is 0 Å². The molecular formula is C38H24O. The van der Waals surface area contributed by atoms with E-state index in [0.717, 1.165) is 10.8 Å². The Morgan fingerprint density at radius 3 is 1.54 bits per heavy atom. The minimum absolute atomic E-state index is 0.0196. The van der Waals surface area contributed by atoms with Crippen molar-refractivity contribution in [3.05, 3.63) is 145 Å². The molecule has 0 aliphatic carbocycles. The fraction of sp³-hybridized carbons (Fsp3) is 0. The minimum atomic E-state index is -0.496. The first kappa shape index (κ1) is 14.1. The molecule has 0 radical (unpaired) electrons. The second kappa shape index (κ2) is 8.72. The van der Waals surface area contributed by atoms with Crippen LogP contribution in [-0.2, 0) is 0 Å². The predicted molar refractivity (Wildman–Crippen MR) is 165 cm³/mol. The van der Waals surface area contributed by atoms with Crippen LogP contribution < -0.4 is 0 Å². The van der Waals surface area contributed by atoms with Gasteiger partial charge in [0, 0.05) is 10.8 Å². The molecule has 1 nitrogen and oxygen atoms in total. The van der Waals surface area contributed by atoms with Gasteiger partial charge >= 0.3 is 0 Å². The van der Waals surface area contributed by atoms with Crippen molar-refractivity contribution < 1.29 is 18.1 Å². The monoisotopic (exact) mass is 506 g/mol. The lowest BCUT2D eigenvalue weighted by atomic mass is 9.83. The van der Waals surface area contributed by atoms with Crippen molar-refractivity contribution in [1.82, 2.24) is 0 Å². The number of benzene rings is 7. The highest BCUT2D eigenvalue weighted by molar-refractivity contribution is 6.23. The SMILES string of the molecule is [2H]c1c([2H])c([2H])c(-c2cc3oc4ccccc4c3cc2-c2c3ccccc3c(-c3c([2H])c([2H])c([2H])c([2H])c3[2H])c3ccccc23)c([2H])c1[2H]. The molecule has 182 valence electrons. The number of fused-ring (bicyclic) bond motifs is 5. The van der Waals surface area contributed by atoms with E-state index in [1.807, 2.05) is 78.9 Å². The first-order valence-electron chi connectivity index (χ1n) is 17.5. The van der Waals surface area contributed by atoms with E-state index in [4.69, 9.17) is 18.1 Å². The third-order valence-corrected chi connectivity index (χ3v) is 7.24. The van der Waals surface area contributed by atoms with Gasteiger partial charge in [0.05, 0.1) is 13.7 Å². The van der Waals surface area contributed by atoms with E-state index in [1.54, 1.807) is 6.07 Å². The molecule has 0 fully saturated rings. The molecule has 39 heavy (non-hydrogen) atoms. The van der Waals surface area contributed by atoms with Gasteiger partial charge in [0.15, 0.2) is 0 Å². The fourth-order valence-electron chi connectivity index (χ4n) is 5.63. The molecule has 8 rings (SSSR count). The van der Waals surface area contributed by atoms with Crippen LogP contribution in [-0.4, -0.2) is 0 Å².